The minimum atomic E-state index is -0.140. The summed E-state index contributed by atoms with van der Waals surface area (Å²) in [6.07, 6.45) is 8.89. The Hall–Kier alpha value is -1.62. The summed E-state index contributed by atoms with van der Waals surface area (Å²) in [6.45, 7) is 4.62. The Kier molecular flexibility index (Phi) is 4.21. The van der Waals surface area contributed by atoms with Gasteiger partial charge in [-0.15, -0.1) is 0 Å². The molecule has 0 radical (unpaired) electrons. The van der Waals surface area contributed by atoms with Crippen molar-refractivity contribution in [1.29, 1.82) is 0 Å². The van der Waals surface area contributed by atoms with E-state index in [0.29, 0.717) is 11.7 Å². The monoisotopic (exact) mass is 328 g/mol. The highest BCUT2D eigenvalue weighted by Crippen LogP contribution is 2.41. The van der Waals surface area contributed by atoms with Crippen LogP contribution in [0.1, 0.15) is 44.1 Å². The van der Waals surface area contributed by atoms with E-state index in [9.17, 15) is 4.79 Å². The van der Waals surface area contributed by atoms with Gasteiger partial charge >= 0.3 is 0 Å². The van der Waals surface area contributed by atoms with Crippen molar-refractivity contribution < 1.29 is 4.79 Å². The van der Waals surface area contributed by atoms with Crippen molar-refractivity contribution in [3.63, 3.8) is 0 Å². The smallest absolute Gasteiger partial charge is 0.230 e. The average molecular weight is 328 g/mol. The molecule has 3 aliphatic rings. The van der Waals surface area contributed by atoms with Gasteiger partial charge in [0.05, 0.1) is 5.41 Å². The molecule has 2 aliphatic heterocycles. The molecule has 3 fully saturated rings. The van der Waals surface area contributed by atoms with Crippen LogP contribution in [0.2, 0.25) is 0 Å². The summed E-state index contributed by atoms with van der Waals surface area (Å²) in [6, 6.07) is 3.97. The SMILES string of the molecule is Nc1ncccc1CN1CC[C@]2(CCCN(CC3CCC3)C2=O)C1. The number of carbonyl (C=O) groups excluding carboxylic acids is 1. The van der Waals surface area contributed by atoms with Crippen LogP contribution in [0.3, 0.4) is 0 Å². The van der Waals surface area contributed by atoms with Gasteiger partial charge in [0.1, 0.15) is 5.82 Å². The Morgan fingerprint density at radius 1 is 1.25 bits per heavy atom. The van der Waals surface area contributed by atoms with E-state index in [0.717, 1.165) is 63.5 Å². The number of anilines is 1. The molecule has 1 aromatic rings. The lowest BCUT2D eigenvalue weighted by molar-refractivity contribution is -0.146. The molecule has 24 heavy (non-hydrogen) atoms. The molecule has 2 saturated heterocycles. The summed E-state index contributed by atoms with van der Waals surface area (Å²) >= 11 is 0. The molecule has 0 unspecified atom stereocenters. The van der Waals surface area contributed by atoms with Crippen molar-refractivity contribution in [2.45, 2.75) is 45.1 Å². The topological polar surface area (TPSA) is 62.5 Å². The minimum absolute atomic E-state index is 0.140. The Labute approximate surface area is 144 Å². The van der Waals surface area contributed by atoms with Gasteiger partial charge in [-0.1, -0.05) is 12.5 Å². The lowest BCUT2D eigenvalue weighted by atomic mass is 9.77. The number of likely N-dealkylation sites (tertiary alicyclic amines) is 2. The fourth-order valence-corrected chi connectivity index (χ4v) is 4.61. The first-order valence-electron chi connectivity index (χ1n) is 9.37. The van der Waals surface area contributed by atoms with Crippen LogP contribution in [0.4, 0.5) is 5.82 Å². The second-order valence-electron chi connectivity index (χ2n) is 7.94. The number of pyridine rings is 1. The Bertz CT molecular complexity index is 615. The molecule has 4 rings (SSSR count). The van der Waals surface area contributed by atoms with Gasteiger partial charge < -0.3 is 10.6 Å². The van der Waals surface area contributed by atoms with Crippen LogP contribution in [0.5, 0.6) is 0 Å². The number of aromatic nitrogens is 1. The van der Waals surface area contributed by atoms with Crippen molar-refractivity contribution in [3.8, 4) is 0 Å². The predicted octanol–water partition coefficient (Wildman–Crippen LogP) is 2.28. The first kappa shape index (κ1) is 15.9. The first-order chi connectivity index (χ1) is 11.7. The molecule has 1 aliphatic carbocycles. The van der Waals surface area contributed by atoms with Crippen molar-refractivity contribution in [2.75, 3.05) is 31.9 Å². The normalized spacial score (nSPS) is 28.5. The molecule has 0 aromatic carbocycles. The van der Waals surface area contributed by atoms with Gasteiger partial charge in [0.25, 0.3) is 0 Å². The highest BCUT2D eigenvalue weighted by molar-refractivity contribution is 5.84. The van der Waals surface area contributed by atoms with Gasteiger partial charge in [0.15, 0.2) is 0 Å². The Morgan fingerprint density at radius 2 is 2.12 bits per heavy atom. The molecule has 3 heterocycles. The molecule has 5 nitrogen and oxygen atoms in total. The predicted molar refractivity (Wildman–Crippen MR) is 94.1 cm³/mol. The number of hydrogen-bond donors (Lipinski definition) is 1. The second-order valence-corrected chi connectivity index (χ2v) is 7.94. The quantitative estimate of drug-likeness (QED) is 0.921. The number of hydrogen-bond acceptors (Lipinski definition) is 4. The highest BCUT2D eigenvalue weighted by atomic mass is 16.2. The van der Waals surface area contributed by atoms with E-state index in [1.54, 1.807) is 6.20 Å². The number of nitrogens with two attached hydrogens (primary N) is 1. The molecule has 0 bridgehead atoms. The molecule has 130 valence electrons. The molecule has 5 heteroatoms. The van der Waals surface area contributed by atoms with Crippen molar-refractivity contribution in [3.05, 3.63) is 23.9 Å². The third-order valence-corrected chi connectivity index (χ3v) is 6.28. The summed E-state index contributed by atoms with van der Waals surface area (Å²) in [4.78, 5) is 21.9. The number of nitrogens with zero attached hydrogens (tertiary/aromatic N) is 3. The molecule has 2 N–H and O–H groups in total. The van der Waals surface area contributed by atoms with E-state index in [4.69, 9.17) is 5.73 Å². The third kappa shape index (κ3) is 2.90. The van der Waals surface area contributed by atoms with E-state index in [2.05, 4.69) is 14.8 Å². The summed E-state index contributed by atoms with van der Waals surface area (Å²) in [7, 11) is 0. The summed E-state index contributed by atoms with van der Waals surface area (Å²) in [5.74, 6) is 1.79. The van der Waals surface area contributed by atoms with Gasteiger partial charge in [0.2, 0.25) is 5.91 Å². The number of nitrogen functional groups attached to an aromatic ring is 1. The van der Waals surface area contributed by atoms with Gasteiger partial charge in [-0.2, -0.15) is 0 Å². The van der Waals surface area contributed by atoms with Crippen LogP contribution >= 0.6 is 0 Å². The lowest BCUT2D eigenvalue weighted by Gasteiger charge is -2.42. The van der Waals surface area contributed by atoms with E-state index in [-0.39, 0.29) is 5.41 Å². The Balaban J connectivity index is 1.42. The highest BCUT2D eigenvalue weighted by Gasteiger charge is 2.48. The fourth-order valence-electron chi connectivity index (χ4n) is 4.61. The molecule has 1 aromatic heterocycles. The van der Waals surface area contributed by atoms with E-state index < -0.39 is 0 Å². The zero-order chi connectivity index (χ0) is 16.6. The van der Waals surface area contributed by atoms with E-state index >= 15 is 0 Å². The maximum Gasteiger partial charge on any atom is 0.230 e. The number of piperidine rings is 1. The van der Waals surface area contributed by atoms with Gasteiger partial charge in [-0.25, -0.2) is 4.98 Å². The molecule has 1 amide bonds. The number of carbonyl (C=O) groups is 1. The maximum absolute atomic E-state index is 13.2. The number of rotatable bonds is 4. The average Bonchev–Trinajstić information content (AvgIpc) is 2.93. The van der Waals surface area contributed by atoms with Crippen LogP contribution in [-0.4, -0.2) is 46.9 Å². The first-order valence-corrected chi connectivity index (χ1v) is 9.37. The largest absolute Gasteiger partial charge is 0.383 e. The second kappa shape index (κ2) is 6.36. The third-order valence-electron chi connectivity index (χ3n) is 6.28. The summed E-state index contributed by atoms with van der Waals surface area (Å²) in [5.41, 5.74) is 6.91. The van der Waals surface area contributed by atoms with Crippen LogP contribution in [0.25, 0.3) is 0 Å². The molecule has 1 spiro atoms. The summed E-state index contributed by atoms with van der Waals surface area (Å²) < 4.78 is 0. The molecular formula is C19H28N4O. The fraction of sp³-hybridized carbons (Fsp3) is 0.684. The van der Waals surface area contributed by atoms with Gasteiger partial charge in [-0.3, -0.25) is 9.69 Å². The minimum Gasteiger partial charge on any atom is -0.383 e. The van der Waals surface area contributed by atoms with Crippen molar-refractivity contribution >= 4 is 11.7 Å². The van der Waals surface area contributed by atoms with Crippen LogP contribution in [0, 0.1) is 11.3 Å². The standard InChI is InChI=1S/C19H28N4O/c20-17-16(6-2-9-21-17)13-22-11-8-19(14-22)7-3-10-23(18(19)24)12-15-4-1-5-15/h2,6,9,15H,1,3-5,7-8,10-14H2,(H2,20,21)/t19-/m1/s1. The Morgan fingerprint density at radius 3 is 2.88 bits per heavy atom. The van der Waals surface area contributed by atoms with E-state index in [1.165, 1.54) is 19.3 Å². The van der Waals surface area contributed by atoms with E-state index in [1.807, 2.05) is 12.1 Å². The molecular weight excluding hydrogens is 300 g/mol. The number of amides is 1. The maximum atomic E-state index is 13.2. The van der Waals surface area contributed by atoms with Crippen LogP contribution in [0.15, 0.2) is 18.3 Å². The van der Waals surface area contributed by atoms with Crippen molar-refractivity contribution in [1.82, 2.24) is 14.8 Å². The van der Waals surface area contributed by atoms with Gasteiger partial charge in [0, 0.05) is 37.9 Å². The van der Waals surface area contributed by atoms with Crippen LogP contribution < -0.4 is 5.73 Å². The molecule has 1 saturated carbocycles. The van der Waals surface area contributed by atoms with Gasteiger partial charge in [-0.05, 0) is 50.6 Å². The van der Waals surface area contributed by atoms with Crippen molar-refractivity contribution in [2.24, 2.45) is 11.3 Å². The zero-order valence-electron chi connectivity index (χ0n) is 14.4. The van der Waals surface area contributed by atoms with Crippen LogP contribution in [-0.2, 0) is 11.3 Å². The lowest BCUT2D eigenvalue weighted by Crippen LogP contribution is -2.51. The zero-order valence-corrected chi connectivity index (χ0v) is 14.4. The molecule has 1 atom stereocenters. The summed E-state index contributed by atoms with van der Waals surface area (Å²) in [5, 5.41) is 0.